The van der Waals surface area contributed by atoms with Gasteiger partial charge in [-0.2, -0.15) is 0 Å². The number of rotatable bonds is 6. The fourth-order valence-electron chi connectivity index (χ4n) is 9.51. The number of ketones is 2. The van der Waals surface area contributed by atoms with Crippen LogP contribution in [-0.4, -0.2) is 45.1 Å². The van der Waals surface area contributed by atoms with Gasteiger partial charge in [0.15, 0.2) is 21.5 Å². The van der Waals surface area contributed by atoms with Crippen molar-refractivity contribution in [1.29, 1.82) is 0 Å². The third kappa shape index (κ3) is 4.83. The second-order valence-electron chi connectivity index (χ2n) is 14.0. The zero-order chi connectivity index (χ0) is 31.7. The van der Waals surface area contributed by atoms with E-state index in [1.807, 2.05) is 31.2 Å². The largest absolute Gasteiger partial charge is 0.447 e. The molecule has 1 heterocycles. The number of hydrogen-bond acceptors (Lipinski definition) is 8. The van der Waals surface area contributed by atoms with E-state index in [9.17, 15) is 19.5 Å². The minimum Gasteiger partial charge on any atom is -0.447 e. The number of aliphatic hydroxyl groups is 1. The van der Waals surface area contributed by atoms with Gasteiger partial charge in [0.25, 0.3) is 0 Å². The first kappa shape index (κ1) is 30.8. The Bertz CT molecular complexity index is 1720. The molecule has 1 N–H and O–H groups in total. The SMILES string of the molecule is Cc1ccc(C(=O)O[C@]2(C(=O)CSc3nc4ccccc4s3)CCC3C4CCC5=CC(=O)CCC5(C)C4C(O)CC32C)c(F)c1. The van der Waals surface area contributed by atoms with E-state index in [0.29, 0.717) is 31.2 Å². The number of thiazole rings is 1. The van der Waals surface area contributed by atoms with Crippen LogP contribution in [0.2, 0.25) is 0 Å². The summed E-state index contributed by atoms with van der Waals surface area (Å²) in [5.74, 6) is -1.47. The molecule has 3 aromatic rings. The highest BCUT2D eigenvalue weighted by atomic mass is 32.2. The van der Waals surface area contributed by atoms with Crippen molar-refractivity contribution in [1.82, 2.24) is 4.98 Å². The molecule has 0 radical (unpaired) electrons. The number of nitrogens with zero attached hydrogens (tertiary/aromatic N) is 1. The molecule has 3 fully saturated rings. The summed E-state index contributed by atoms with van der Waals surface area (Å²) >= 11 is 2.85. The smallest absolute Gasteiger partial charge is 0.342 e. The Labute approximate surface area is 270 Å². The van der Waals surface area contributed by atoms with Crippen LogP contribution in [0, 0.1) is 41.3 Å². The molecule has 4 aliphatic carbocycles. The van der Waals surface area contributed by atoms with E-state index in [-0.39, 0.29) is 52.5 Å². The number of hydrogen-bond donors (Lipinski definition) is 1. The number of carbonyl (C=O) groups excluding carboxylic acids is 3. The van der Waals surface area contributed by atoms with Crippen LogP contribution in [0.4, 0.5) is 4.39 Å². The van der Waals surface area contributed by atoms with Crippen LogP contribution in [0.5, 0.6) is 0 Å². The molecule has 45 heavy (non-hydrogen) atoms. The van der Waals surface area contributed by atoms with Gasteiger partial charge >= 0.3 is 5.97 Å². The van der Waals surface area contributed by atoms with Gasteiger partial charge in [0.05, 0.1) is 27.6 Å². The number of benzene rings is 2. The van der Waals surface area contributed by atoms with E-state index >= 15 is 4.39 Å². The zero-order valence-corrected chi connectivity index (χ0v) is 27.4. The molecule has 2 aromatic carbocycles. The van der Waals surface area contributed by atoms with Gasteiger partial charge in [-0.3, -0.25) is 9.59 Å². The van der Waals surface area contributed by atoms with Gasteiger partial charge in [-0.05, 0) is 105 Å². The molecule has 0 spiro atoms. The lowest BCUT2D eigenvalue weighted by Gasteiger charge is -2.60. The topological polar surface area (TPSA) is 93.6 Å². The second kappa shape index (κ2) is 11.1. The van der Waals surface area contributed by atoms with Crippen molar-refractivity contribution < 1.29 is 28.6 Å². The van der Waals surface area contributed by atoms with Gasteiger partial charge in [0.1, 0.15) is 5.82 Å². The first-order valence-electron chi connectivity index (χ1n) is 15.9. The quantitative estimate of drug-likeness (QED) is 0.219. The molecule has 1 aromatic heterocycles. The Hall–Kier alpha value is -2.88. The third-order valence-corrected chi connectivity index (χ3v) is 13.9. The minimum atomic E-state index is -1.53. The van der Waals surface area contributed by atoms with Gasteiger partial charge in [0.2, 0.25) is 0 Å². The molecule has 0 saturated heterocycles. The maximum absolute atomic E-state index is 15.0. The summed E-state index contributed by atoms with van der Waals surface area (Å²) in [5.41, 5.74) is -0.168. The normalized spacial score (nSPS) is 34.1. The van der Waals surface area contributed by atoms with Gasteiger partial charge < -0.3 is 9.84 Å². The molecule has 236 valence electrons. The van der Waals surface area contributed by atoms with Crippen molar-refractivity contribution in [3.8, 4) is 0 Å². The maximum atomic E-state index is 15.0. The monoisotopic (exact) mass is 647 g/mol. The van der Waals surface area contributed by atoms with Crippen LogP contribution in [0.1, 0.15) is 74.7 Å². The summed E-state index contributed by atoms with van der Waals surface area (Å²) in [6, 6.07) is 12.2. The van der Waals surface area contributed by atoms with E-state index < -0.39 is 28.9 Å². The van der Waals surface area contributed by atoms with Crippen molar-refractivity contribution in [3.63, 3.8) is 0 Å². The molecule has 7 rings (SSSR count). The highest BCUT2D eigenvalue weighted by Crippen LogP contribution is 2.68. The van der Waals surface area contributed by atoms with E-state index in [2.05, 4.69) is 11.9 Å². The molecular weight excluding hydrogens is 610 g/mol. The number of Topliss-reactive ketones (excluding diaryl/α,β-unsaturated/α-hetero) is 1. The highest BCUT2D eigenvalue weighted by Gasteiger charge is 2.70. The number of allylic oxidation sites excluding steroid dienone is 1. The standard InChI is InChI=1S/C36H38FNO5S2/c1-20-8-10-24(26(37)16-20)32(42)43-36(30(41)19-44-33-38-27-6-4-5-7-29(27)45-33)15-13-25-23-11-9-21-17-22(39)12-14-34(21,2)31(23)28(40)18-35(25,36)3/h4-8,10,16-17,23,25,28,31,40H,9,11-15,18-19H2,1-3H3/t23?,25?,28?,31?,34?,35?,36-/m0/s1. The number of aliphatic hydroxyl groups excluding tert-OH is 1. The van der Waals surface area contributed by atoms with Crippen molar-refractivity contribution >= 4 is 50.9 Å². The van der Waals surface area contributed by atoms with Gasteiger partial charge in [-0.15, -0.1) is 11.3 Å². The van der Waals surface area contributed by atoms with Crippen LogP contribution < -0.4 is 0 Å². The predicted molar refractivity (Wildman–Crippen MR) is 173 cm³/mol. The number of halogens is 1. The van der Waals surface area contributed by atoms with Crippen LogP contribution >= 0.6 is 23.1 Å². The Morgan fingerprint density at radius 2 is 1.93 bits per heavy atom. The van der Waals surface area contributed by atoms with E-state index in [4.69, 9.17) is 4.74 Å². The molecular formula is C36H38FNO5S2. The Balaban J connectivity index is 1.24. The number of para-hydroxylation sites is 1. The van der Waals surface area contributed by atoms with Gasteiger partial charge in [-0.1, -0.05) is 49.4 Å². The fourth-order valence-corrected chi connectivity index (χ4v) is 11.5. The second-order valence-corrected chi connectivity index (χ2v) is 16.2. The molecule has 0 amide bonds. The number of aryl methyl sites for hydroxylation is 1. The number of aromatic nitrogens is 1. The lowest BCUT2D eigenvalue weighted by molar-refractivity contribution is -0.180. The fraction of sp³-hybridized carbons (Fsp3) is 0.500. The molecule has 0 aliphatic heterocycles. The number of esters is 1. The summed E-state index contributed by atoms with van der Waals surface area (Å²) in [6.45, 7) is 5.94. The average Bonchev–Trinajstić information content (AvgIpc) is 3.54. The van der Waals surface area contributed by atoms with Gasteiger partial charge in [0, 0.05) is 11.8 Å². The van der Waals surface area contributed by atoms with Crippen molar-refractivity contribution in [2.75, 3.05) is 5.75 Å². The highest BCUT2D eigenvalue weighted by molar-refractivity contribution is 8.01. The number of ether oxygens (including phenoxy) is 1. The lowest BCUT2D eigenvalue weighted by atomic mass is 9.45. The van der Waals surface area contributed by atoms with Crippen LogP contribution in [-0.2, 0) is 14.3 Å². The average molecular weight is 648 g/mol. The predicted octanol–water partition coefficient (Wildman–Crippen LogP) is 7.50. The van der Waals surface area contributed by atoms with E-state index in [1.165, 1.54) is 35.2 Å². The van der Waals surface area contributed by atoms with Gasteiger partial charge in [-0.25, -0.2) is 14.2 Å². The summed E-state index contributed by atoms with van der Waals surface area (Å²) < 4.78 is 23.2. The van der Waals surface area contributed by atoms with Crippen molar-refractivity contribution in [3.05, 3.63) is 71.1 Å². The van der Waals surface area contributed by atoms with E-state index in [0.717, 1.165) is 33.0 Å². The lowest BCUT2D eigenvalue weighted by Crippen LogP contribution is -2.63. The Morgan fingerprint density at radius 1 is 1.13 bits per heavy atom. The number of carbonyl (C=O) groups is 3. The summed E-state index contributed by atoms with van der Waals surface area (Å²) in [5, 5.41) is 12.0. The summed E-state index contributed by atoms with van der Waals surface area (Å²) in [4.78, 5) is 45.3. The molecule has 6 nitrogen and oxygen atoms in total. The Morgan fingerprint density at radius 3 is 2.71 bits per heavy atom. The molecule has 4 aliphatic rings. The first-order chi connectivity index (χ1) is 21.4. The third-order valence-electron chi connectivity index (χ3n) is 11.7. The maximum Gasteiger partial charge on any atom is 0.342 e. The van der Waals surface area contributed by atoms with Crippen LogP contribution in [0.3, 0.4) is 0 Å². The Kier molecular flexibility index (Phi) is 7.61. The minimum absolute atomic E-state index is 0.0222. The number of thioether (sulfide) groups is 1. The summed E-state index contributed by atoms with van der Waals surface area (Å²) in [6.07, 6.45) is 5.12. The molecule has 6 unspecified atom stereocenters. The molecule has 9 heteroatoms. The molecule has 7 atom stereocenters. The van der Waals surface area contributed by atoms with Crippen LogP contribution in [0.25, 0.3) is 10.2 Å². The molecule has 3 saturated carbocycles. The molecule has 0 bridgehead atoms. The van der Waals surface area contributed by atoms with Crippen LogP contribution in [0.15, 0.2) is 58.5 Å². The zero-order valence-electron chi connectivity index (χ0n) is 25.8. The van der Waals surface area contributed by atoms with Crippen molar-refractivity contribution in [2.24, 2.45) is 28.6 Å². The van der Waals surface area contributed by atoms with E-state index in [1.54, 1.807) is 19.1 Å². The first-order valence-corrected chi connectivity index (χ1v) is 17.7. The van der Waals surface area contributed by atoms with Crippen molar-refractivity contribution in [2.45, 2.75) is 81.8 Å². The summed E-state index contributed by atoms with van der Waals surface area (Å²) in [7, 11) is 0. The number of fused-ring (bicyclic) bond motifs is 6.